The highest BCUT2D eigenvalue weighted by atomic mass is 19.4. The summed E-state index contributed by atoms with van der Waals surface area (Å²) in [4.78, 5) is 0. The second kappa shape index (κ2) is 3.48. The first-order chi connectivity index (χ1) is 6.38. The van der Waals surface area contributed by atoms with Crippen LogP contribution in [0.1, 0.15) is 11.1 Å². The number of hydrogen-bond acceptors (Lipinski definition) is 1. The summed E-state index contributed by atoms with van der Waals surface area (Å²) in [5, 5.41) is 0. The fourth-order valence-electron chi connectivity index (χ4n) is 1.12. The minimum atomic E-state index is -4.53. The van der Waals surface area contributed by atoms with Crippen LogP contribution in [-0.2, 0) is 6.18 Å². The Hall–Kier alpha value is -1.26. The summed E-state index contributed by atoms with van der Waals surface area (Å²) in [6, 6.07) is 1.77. The van der Waals surface area contributed by atoms with Gasteiger partial charge in [0.15, 0.2) is 11.6 Å². The van der Waals surface area contributed by atoms with E-state index in [-0.39, 0.29) is 5.75 Å². The Kier molecular flexibility index (Phi) is 2.69. The highest BCUT2D eigenvalue weighted by Crippen LogP contribution is 2.35. The fourth-order valence-corrected chi connectivity index (χ4v) is 1.12. The first kappa shape index (κ1) is 10.8. The van der Waals surface area contributed by atoms with Crippen molar-refractivity contribution in [1.82, 2.24) is 0 Å². The zero-order valence-electron chi connectivity index (χ0n) is 7.57. The molecule has 5 heteroatoms. The van der Waals surface area contributed by atoms with E-state index in [1.165, 1.54) is 7.11 Å². The van der Waals surface area contributed by atoms with Crippen LogP contribution < -0.4 is 4.74 Å². The topological polar surface area (TPSA) is 9.23 Å². The molecule has 0 saturated carbocycles. The lowest BCUT2D eigenvalue weighted by atomic mass is 10.1. The van der Waals surface area contributed by atoms with E-state index in [0.29, 0.717) is 0 Å². The van der Waals surface area contributed by atoms with Crippen LogP contribution in [0.15, 0.2) is 12.1 Å². The van der Waals surface area contributed by atoms with E-state index in [4.69, 9.17) is 0 Å². The molecule has 0 amide bonds. The summed E-state index contributed by atoms with van der Waals surface area (Å²) < 4.78 is 54.5. The van der Waals surface area contributed by atoms with Gasteiger partial charge < -0.3 is 4.74 Å². The molecule has 0 N–H and O–H groups in total. The molecule has 78 valence electrons. The van der Waals surface area contributed by atoms with E-state index in [0.717, 1.165) is 19.1 Å². The number of benzene rings is 1. The molecule has 0 aromatic heterocycles. The van der Waals surface area contributed by atoms with Crippen molar-refractivity contribution in [1.29, 1.82) is 0 Å². The summed E-state index contributed by atoms with van der Waals surface area (Å²) in [5.41, 5.74) is -1.42. The van der Waals surface area contributed by atoms with Gasteiger partial charge in [-0.25, -0.2) is 4.39 Å². The molecule has 14 heavy (non-hydrogen) atoms. The Labute approximate surface area is 78.3 Å². The first-order valence-corrected chi connectivity index (χ1v) is 3.78. The molecule has 1 rings (SSSR count). The molecule has 0 aliphatic carbocycles. The maximum Gasteiger partial charge on any atom is 0.416 e. The maximum absolute atomic E-state index is 13.2. The molecule has 0 bridgehead atoms. The van der Waals surface area contributed by atoms with Gasteiger partial charge in [-0.15, -0.1) is 0 Å². The number of alkyl halides is 3. The van der Waals surface area contributed by atoms with Crippen molar-refractivity contribution in [3.8, 4) is 5.75 Å². The Morgan fingerprint density at radius 2 is 1.79 bits per heavy atom. The SMILES string of the molecule is COc1ccc(C(F)(F)F)c(C)c1F. The van der Waals surface area contributed by atoms with Crippen LogP contribution in [0.3, 0.4) is 0 Å². The predicted octanol–water partition coefficient (Wildman–Crippen LogP) is 3.16. The zero-order chi connectivity index (χ0) is 10.9. The van der Waals surface area contributed by atoms with Crippen LogP contribution in [-0.4, -0.2) is 7.11 Å². The molecule has 0 aliphatic heterocycles. The highest BCUT2D eigenvalue weighted by molar-refractivity contribution is 5.38. The number of methoxy groups -OCH3 is 1. The number of ether oxygens (including phenoxy) is 1. The third-order valence-corrected chi connectivity index (χ3v) is 1.88. The molecular formula is C9H8F4O. The smallest absolute Gasteiger partial charge is 0.416 e. The van der Waals surface area contributed by atoms with Crippen molar-refractivity contribution in [2.45, 2.75) is 13.1 Å². The van der Waals surface area contributed by atoms with Crippen LogP contribution in [0.4, 0.5) is 17.6 Å². The molecule has 0 spiro atoms. The highest BCUT2D eigenvalue weighted by Gasteiger charge is 2.33. The van der Waals surface area contributed by atoms with Gasteiger partial charge >= 0.3 is 6.18 Å². The maximum atomic E-state index is 13.2. The minimum absolute atomic E-state index is 0.185. The first-order valence-electron chi connectivity index (χ1n) is 3.78. The number of hydrogen-bond donors (Lipinski definition) is 0. The van der Waals surface area contributed by atoms with Gasteiger partial charge in [-0.1, -0.05) is 0 Å². The van der Waals surface area contributed by atoms with Crippen molar-refractivity contribution in [2.24, 2.45) is 0 Å². The molecule has 0 fully saturated rings. The molecule has 1 nitrogen and oxygen atoms in total. The van der Waals surface area contributed by atoms with E-state index >= 15 is 0 Å². The molecule has 1 aromatic carbocycles. The van der Waals surface area contributed by atoms with Gasteiger partial charge in [0, 0.05) is 5.56 Å². The summed E-state index contributed by atoms with van der Waals surface area (Å²) in [5.74, 6) is -1.15. The van der Waals surface area contributed by atoms with E-state index < -0.39 is 23.1 Å². The van der Waals surface area contributed by atoms with Gasteiger partial charge in [-0.2, -0.15) is 13.2 Å². The summed E-state index contributed by atoms with van der Waals surface area (Å²) in [6.45, 7) is 1.07. The molecule has 0 radical (unpaired) electrons. The standard InChI is InChI=1S/C9H8F4O/c1-5-6(9(11,12)13)3-4-7(14-2)8(5)10/h3-4H,1-2H3. The van der Waals surface area contributed by atoms with E-state index in [1.54, 1.807) is 0 Å². The quantitative estimate of drug-likeness (QED) is 0.644. The lowest BCUT2D eigenvalue weighted by Gasteiger charge is -2.12. The molecule has 0 atom stereocenters. The second-order valence-corrected chi connectivity index (χ2v) is 2.75. The van der Waals surface area contributed by atoms with Crippen molar-refractivity contribution in [3.05, 3.63) is 29.1 Å². The Morgan fingerprint density at radius 3 is 2.21 bits per heavy atom. The molecule has 0 aliphatic rings. The summed E-state index contributed by atoms with van der Waals surface area (Å²) >= 11 is 0. The molecule has 0 heterocycles. The third kappa shape index (κ3) is 1.81. The summed E-state index contributed by atoms with van der Waals surface area (Å²) in [7, 11) is 1.20. The lowest BCUT2D eigenvalue weighted by Crippen LogP contribution is -2.09. The van der Waals surface area contributed by atoms with Gasteiger partial charge in [-0.3, -0.25) is 0 Å². The number of halogens is 4. The van der Waals surface area contributed by atoms with Gasteiger partial charge in [-0.05, 0) is 19.1 Å². The van der Waals surface area contributed by atoms with Crippen LogP contribution in [0.25, 0.3) is 0 Å². The van der Waals surface area contributed by atoms with Crippen molar-refractivity contribution in [2.75, 3.05) is 7.11 Å². The molecule has 0 saturated heterocycles. The Bertz CT molecular complexity index is 343. The average Bonchev–Trinajstić information content (AvgIpc) is 2.07. The predicted molar refractivity (Wildman–Crippen MR) is 42.7 cm³/mol. The zero-order valence-corrected chi connectivity index (χ0v) is 7.57. The van der Waals surface area contributed by atoms with Crippen LogP contribution >= 0.6 is 0 Å². The average molecular weight is 208 g/mol. The van der Waals surface area contributed by atoms with Crippen LogP contribution in [0, 0.1) is 12.7 Å². The van der Waals surface area contributed by atoms with Gasteiger partial charge in [0.05, 0.1) is 12.7 Å². The Balaban J connectivity index is 3.31. The monoisotopic (exact) mass is 208 g/mol. The lowest BCUT2D eigenvalue weighted by molar-refractivity contribution is -0.138. The molecule has 1 aromatic rings. The van der Waals surface area contributed by atoms with Gasteiger partial charge in [0.2, 0.25) is 0 Å². The second-order valence-electron chi connectivity index (χ2n) is 2.75. The molecular weight excluding hydrogens is 200 g/mol. The minimum Gasteiger partial charge on any atom is -0.494 e. The van der Waals surface area contributed by atoms with E-state index in [1.807, 2.05) is 0 Å². The van der Waals surface area contributed by atoms with Crippen LogP contribution in [0.5, 0.6) is 5.75 Å². The summed E-state index contributed by atoms with van der Waals surface area (Å²) in [6.07, 6.45) is -4.53. The Morgan fingerprint density at radius 1 is 1.21 bits per heavy atom. The third-order valence-electron chi connectivity index (χ3n) is 1.88. The van der Waals surface area contributed by atoms with E-state index in [2.05, 4.69) is 4.74 Å². The fraction of sp³-hybridized carbons (Fsp3) is 0.333. The van der Waals surface area contributed by atoms with E-state index in [9.17, 15) is 17.6 Å². The number of rotatable bonds is 1. The van der Waals surface area contributed by atoms with Crippen LogP contribution in [0.2, 0.25) is 0 Å². The van der Waals surface area contributed by atoms with Gasteiger partial charge in [0.1, 0.15) is 0 Å². The van der Waals surface area contributed by atoms with Crippen molar-refractivity contribution >= 4 is 0 Å². The normalized spacial score (nSPS) is 11.6. The van der Waals surface area contributed by atoms with Gasteiger partial charge in [0.25, 0.3) is 0 Å². The van der Waals surface area contributed by atoms with Crippen molar-refractivity contribution in [3.63, 3.8) is 0 Å². The molecule has 0 unspecified atom stereocenters. The van der Waals surface area contributed by atoms with Crippen molar-refractivity contribution < 1.29 is 22.3 Å². The largest absolute Gasteiger partial charge is 0.494 e.